The summed E-state index contributed by atoms with van der Waals surface area (Å²) >= 11 is 0. The fourth-order valence-electron chi connectivity index (χ4n) is 3.19. The van der Waals surface area contributed by atoms with E-state index in [9.17, 15) is 4.79 Å². The Morgan fingerprint density at radius 3 is 2.50 bits per heavy atom. The Bertz CT molecular complexity index is 322. The molecule has 5 nitrogen and oxygen atoms in total. The van der Waals surface area contributed by atoms with Gasteiger partial charge in [-0.1, -0.05) is 12.8 Å². The molecule has 2 fully saturated rings. The summed E-state index contributed by atoms with van der Waals surface area (Å²) in [4.78, 5) is 14.5. The molecule has 0 aromatic carbocycles. The molecule has 0 spiro atoms. The molecule has 0 unspecified atom stereocenters. The highest BCUT2D eigenvalue weighted by Gasteiger charge is 2.32. The first-order valence-corrected chi connectivity index (χ1v) is 7.90. The van der Waals surface area contributed by atoms with Crippen molar-refractivity contribution in [1.29, 1.82) is 0 Å². The standard InChI is InChI=1S/C15H29N3O2/c1-15(2,3)20-14(19)17-12-6-4-5-7-13(12)18-10-8-16-9-11-18/h12-13,16H,4-11H2,1-3H3,(H,17,19)/t12-,13-/m0/s1. The normalized spacial score (nSPS) is 28.9. The summed E-state index contributed by atoms with van der Waals surface area (Å²) < 4.78 is 5.40. The van der Waals surface area contributed by atoms with Crippen molar-refractivity contribution in [2.24, 2.45) is 0 Å². The zero-order valence-electron chi connectivity index (χ0n) is 13.1. The molecular formula is C15H29N3O2. The molecule has 20 heavy (non-hydrogen) atoms. The van der Waals surface area contributed by atoms with Gasteiger partial charge in [-0.15, -0.1) is 0 Å². The molecule has 1 saturated heterocycles. The van der Waals surface area contributed by atoms with Crippen LogP contribution in [0, 0.1) is 0 Å². The number of piperazine rings is 1. The summed E-state index contributed by atoms with van der Waals surface area (Å²) in [6.07, 6.45) is 4.43. The van der Waals surface area contributed by atoms with Crippen molar-refractivity contribution in [3.63, 3.8) is 0 Å². The van der Waals surface area contributed by atoms with Gasteiger partial charge in [-0.05, 0) is 33.6 Å². The molecule has 1 aliphatic heterocycles. The van der Waals surface area contributed by atoms with Crippen molar-refractivity contribution in [2.45, 2.75) is 64.1 Å². The zero-order valence-corrected chi connectivity index (χ0v) is 13.1. The summed E-state index contributed by atoms with van der Waals surface area (Å²) in [5.41, 5.74) is -0.427. The zero-order chi connectivity index (χ0) is 14.6. The summed E-state index contributed by atoms with van der Waals surface area (Å²) in [6.45, 7) is 9.98. The second kappa shape index (κ2) is 6.76. The summed E-state index contributed by atoms with van der Waals surface area (Å²) in [5, 5.41) is 6.49. The Labute approximate surface area is 122 Å². The van der Waals surface area contributed by atoms with Gasteiger partial charge in [-0.3, -0.25) is 4.90 Å². The molecule has 1 amide bonds. The highest BCUT2D eigenvalue weighted by molar-refractivity contribution is 5.68. The molecule has 1 aliphatic carbocycles. The van der Waals surface area contributed by atoms with Crippen LogP contribution in [0.25, 0.3) is 0 Å². The Kier molecular flexibility index (Phi) is 5.27. The molecule has 2 rings (SSSR count). The van der Waals surface area contributed by atoms with E-state index >= 15 is 0 Å². The van der Waals surface area contributed by atoms with Crippen LogP contribution < -0.4 is 10.6 Å². The van der Waals surface area contributed by atoms with Gasteiger partial charge in [0.1, 0.15) is 5.60 Å². The molecule has 0 bridgehead atoms. The van der Waals surface area contributed by atoms with Crippen LogP contribution in [-0.2, 0) is 4.74 Å². The van der Waals surface area contributed by atoms with Crippen LogP contribution in [0.1, 0.15) is 46.5 Å². The topological polar surface area (TPSA) is 53.6 Å². The average Bonchev–Trinajstić information content (AvgIpc) is 2.38. The predicted molar refractivity (Wildman–Crippen MR) is 79.9 cm³/mol. The number of hydrogen-bond acceptors (Lipinski definition) is 4. The highest BCUT2D eigenvalue weighted by atomic mass is 16.6. The van der Waals surface area contributed by atoms with Gasteiger partial charge < -0.3 is 15.4 Å². The number of nitrogens with zero attached hydrogens (tertiary/aromatic N) is 1. The number of nitrogens with one attached hydrogen (secondary N) is 2. The van der Waals surface area contributed by atoms with E-state index in [1.165, 1.54) is 19.3 Å². The van der Waals surface area contributed by atoms with E-state index in [2.05, 4.69) is 15.5 Å². The Balaban J connectivity index is 1.91. The number of hydrogen-bond donors (Lipinski definition) is 2. The molecule has 2 atom stereocenters. The second-order valence-electron chi connectivity index (χ2n) is 6.89. The maximum Gasteiger partial charge on any atom is 0.407 e. The quantitative estimate of drug-likeness (QED) is 0.810. The minimum absolute atomic E-state index is 0.233. The molecule has 1 heterocycles. The Morgan fingerprint density at radius 2 is 1.85 bits per heavy atom. The van der Waals surface area contributed by atoms with Crippen molar-refractivity contribution in [1.82, 2.24) is 15.5 Å². The summed E-state index contributed by atoms with van der Waals surface area (Å²) in [7, 11) is 0. The lowest BCUT2D eigenvalue weighted by atomic mass is 9.89. The molecule has 1 saturated carbocycles. The van der Waals surface area contributed by atoms with Crippen LogP contribution in [0.3, 0.4) is 0 Å². The van der Waals surface area contributed by atoms with Crippen molar-refractivity contribution >= 4 is 6.09 Å². The van der Waals surface area contributed by atoms with Crippen LogP contribution in [0.15, 0.2) is 0 Å². The molecule has 0 aromatic heterocycles. The van der Waals surface area contributed by atoms with Gasteiger partial charge in [-0.25, -0.2) is 4.79 Å². The van der Waals surface area contributed by atoms with Crippen LogP contribution in [0.4, 0.5) is 4.79 Å². The van der Waals surface area contributed by atoms with Crippen molar-refractivity contribution in [3.05, 3.63) is 0 Å². The number of carbonyl (C=O) groups excluding carboxylic acids is 1. The number of alkyl carbamates (subject to hydrolysis) is 1. The van der Waals surface area contributed by atoms with Gasteiger partial charge >= 0.3 is 6.09 Å². The minimum Gasteiger partial charge on any atom is -0.444 e. The van der Waals surface area contributed by atoms with E-state index in [1.54, 1.807) is 0 Å². The van der Waals surface area contributed by atoms with Gasteiger partial charge in [0.15, 0.2) is 0 Å². The van der Waals surface area contributed by atoms with Crippen molar-refractivity contribution in [2.75, 3.05) is 26.2 Å². The lowest BCUT2D eigenvalue weighted by Crippen LogP contribution is -2.58. The first-order valence-electron chi connectivity index (χ1n) is 7.90. The van der Waals surface area contributed by atoms with E-state index < -0.39 is 5.60 Å². The molecule has 0 radical (unpaired) electrons. The minimum atomic E-state index is -0.427. The van der Waals surface area contributed by atoms with E-state index in [1.807, 2.05) is 20.8 Å². The van der Waals surface area contributed by atoms with E-state index in [4.69, 9.17) is 4.74 Å². The van der Waals surface area contributed by atoms with Crippen LogP contribution in [0.2, 0.25) is 0 Å². The highest BCUT2D eigenvalue weighted by Crippen LogP contribution is 2.24. The first-order chi connectivity index (χ1) is 9.46. The SMILES string of the molecule is CC(C)(C)OC(=O)N[C@H]1CCCC[C@@H]1N1CCNCC1. The third kappa shape index (κ3) is 4.63. The van der Waals surface area contributed by atoms with E-state index in [0.717, 1.165) is 32.6 Å². The lowest BCUT2D eigenvalue weighted by Gasteiger charge is -2.42. The van der Waals surface area contributed by atoms with Crippen LogP contribution >= 0.6 is 0 Å². The smallest absolute Gasteiger partial charge is 0.407 e. The summed E-state index contributed by atoms with van der Waals surface area (Å²) in [5.74, 6) is 0. The predicted octanol–water partition coefficient (Wildman–Crippen LogP) is 1.73. The molecule has 2 N–H and O–H groups in total. The van der Waals surface area contributed by atoms with E-state index in [-0.39, 0.29) is 12.1 Å². The average molecular weight is 283 g/mol. The molecule has 2 aliphatic rings. The molecule has 116 valence electrons. The third-order valence-corrected chi connectivity index (χ3v) is 4.05. The first kappa shape index (κ1) is 15.6. The van der Waals surface area contributed by atoms with Crippen LogP contribution in [0.5, 0.6) is 0 Å². The van der Waals surface area contributed by atoms with Gasteiger partial charge in [0, 0.05) is 38.3 Å². The van der Waals surface area contributed by atoms with Crippen molar-refractivity contribution < 1.29 is 9.53 Å². The monoisotopic (exact) mass is 283 g/mol. The second-order valence-corrected chi connectivity index (χ2v) is 6.89. The van der Waals surface area contributed by atoms with Gasteiger partial charge in [0.2, 0.25) is 0 Å². The van der Waals surface area contributed by atoms with Gasteiger partial charge in [0.25, 0.3) is 0 Å². The molecule has 5 heteroatoms. The van der Waals surface area contributed by atoms with E-state index in [0.29, 0.717) is 6.04 Å². The van der Waals surface area contributed by atoms with Gasteiger partial charge in [-0.2, -0.15) is 0 Å². The Hall–Kier alpha value is -0.810. The lowest BCUT2D eigenvalue weighted by molar-refractivity contribution is 0.0413. The third-order valence-electron chi connectivity index (χ3n) is 4.05. The maximum atomic E-state index is 12.0. The van der Waals surface area contributed by atoms with Crippen LogP contribution in [-0.4, -0.2) is 54.9 Å². The molecule has 0 aromatic rings. The largest absolute Gasteiger partial charge is 0.444 e. The van der Waals surface area contributed by atoms with Crippen molar-refractivity contribution in [3.8, 4) is 0 Å². The Morgan fingerprint density at radius 1 is 1.20 bits per heavy atom. The number of carbonyl (C=O) groups is 1. The summed E-state index contributed by atoms with van der Waals surface area (Å²) in [6, 6.07) is 0.704. The maximum absolute atomic E-state index is 12.0. The molecular weight excluding hydrogens is 254 g/mol. The number of rotatable bonds is 2. The van der Waals surface area contributed by atoms with Gasteiger partial charge in [0.05, 0.1) is 0 Å². The number of amides is 1. The fourth-order valence-corrected chi connectivity index (χ4v) is 3.19. The number of ether oxygens (including phenoxy) is 1. The fraction of sp³-hybridized carbons (Fsp3) is 0.933.